The van der Waals surface area contributed by atoms with Crippen LogP contribution in [0.25, 0.3) is 21.9 Å². The lowest BCUT2D eigenvalue weighted by Crippen LogP contribution is -1.95. The zero-order chi connectivity index (χ0) is 11.8. The lowest BCUT2D eigenvalue weighted by Gasteiger charge is -2.01. The number of nitrogens with zero attached hydrogens (tertiary/aromatic N) is 2. The molecule has 0 saturated heterocycles. The minimum absolute atomic E-state index is 0.572. The summed E-state index contributed by atoms with van der Waals surface area (Å²) in [5, 5.41) is 1.67. The molecule has 2 aromatic heterocycles. The number of aromatic amines is 1. The molecule has 0 atom stereocenters. The van der Waals surface area contributed by atoms with Crippen LogP contribution in [0.2, 0.25) is 5.02 Å². The Labute approximate surface area is 103 Å². The Morgan fingerprint density at radius 2 is 2.24 bits per heavy atom. The van der Waals surface area contributed by atoms with Crippen molar-refractivity contribution < 1.29 is 4.74 Å². The van der Waals surface area contributed by atoms with Crippen molar-refractivity contribution in [3.05, 3.63) is 29.5 Å². The van der Waals surface area contributed by atoms with E-state index in [1.807, 2.05) is 25.1 Å². The minimum atomic E-state index is 0.572. The van der Waals surface area contributed by atoms with Crippen LogP contribution in [0, 0.1) is 0 Å². The number of benzene rings is 1. The van der Waals surface area contributed by atoms with Crippen molar-refractivity contribution in [1.82, 2.24) is 15.0 Å². The van der Waals surface area contributed by atoms with Gasteiger partial charge < -0.3 is 9.72 Å². The van der Waals surface area contributed by atoms with Gasteiger partial charge in [0.1, 0.15) is 17.4 Å². The summed E-state index contributed by atoms with van der Waals surface area (Å²) >= 11 is 5.99. The summed E-state index contributed by atoms with van der Waals surface area (Å²) in [6.45, 7) is 2.50. The summed E-state index contributed by atoms with van der Waals surface area (Å²) in [6, 6.07) is 5.65. The van der Waals surface area contributed by atoms with Gasteiger partial charge in [-0.1, -0.05) is 11.6 Å². The third-order valence-corrected chi connectivity index (χ3v) is 2.83. The van der Waals surface area contributed by atoms with Crippen LogP contribution < -0.4 is 4.74 Å². The minimum Gasteiger partial charge on any atom is -0.476 e. The van der Waals surface area contributed by atoms with Gasteiger partial charge in [-0.3, -0.25) is 0 Å². The third-order valence-electron chi connectivity index (χ3n) is 2.59. The monoisotopic (exact) mass is 247 g/mol. The summed E-state index contributed by atoms with van der Waals surface area (Å²) in [7, 11) is 0. The van der Waals surface area contributed by atoms with Crippen molar-refractivity contribution in [2.24, 2.45) is 0 Å². The Kier molecular flexibility index (Phi) is 2.37. The van der Waals surface area contributed by atoms with Gasteiger partial charge in [-0.15, -0.1) is 0 Å². The average Bonchev–Trinajstić information content (AvgIpc) is 2.69. The van der Waals surface area contributed by atoms with Crippen molar-refractivity contribution in [3.8, 4) is 5.88 Å². The quantitative estimate of drug-likeness (QED) is 0.757. The summed E-state index contributed by atoms with van der Waals surface area (Å²) in [6.07, 6.45) is 1.50. The first-order valence-electron chi connectivity index (χ1n) is 5.34. The number of aromatic nitrogens is 3. The van der Waals surface area contributed by atoms with E-state index in [0.29, 0.717) is 17.5 Å². The second-order valence-electron chi connectivity index (χ2n) is 3.65. The van der Waals surface area contributed by atoms with Gasteiger partial charge in [0.05, 0.1) is 6.61 Å². The van der Waals surface area contributed by atoms with E-state index in [1.165, 1.54) is 6.33 Å². The molecule has 0 aliphatic rings. The first-order chi connectivity index (χ1) is 8.29. The van der Waals surface area contributed by atoms with Crippen LogP contribution in [0.15, 0.2) is 24.5 Å². The van der Waals surface area contributed by atoms with E-state index in [4.69, 9.17) is 16.3 Å². The Morgan fingerprint density at radius 1 is 1.35 bits per heavy atom. The molecule has 3 aromatic rings. The molecule has 0 saturated carbocycles. The highest BCUT2D eigenvalue weighted by Gasteiger charge is 2.11. The number of fused-ring (bicyclic) bond motifs is 3. The van der Waals surface area contributed by atoms with E-state index in [9.17, 15) is 0 Å². The highest BCUT2D eigenvalue weighted by molar-refractivity contribution is 6.31. The highest BCUT2D eigenvalue weighted by atomic mass is 35.5. The van der Waals surface area contributed by atoms with Crippen molar-refractivity contribution in [2.75, 3.05) is 6.61 Å². The van der Waals surface area contributed by atoms with Gasteiger partial charge in [0.2, 0.25) is 5.88 Å². The van der Waals surface area contributed by atoms with Crippen LogP contribution in [-0.2, 0) is 0 Å². The van der Waals surface area contributed by atoms with Gasteiger partial charge >= 0.3 is 0 Å². The second kappa shape index (κ2) is 3.89. The second-order valence-corrected chi connectivity index (χ2v) is 4.09. The predicted octanol–water partition coefficient (Wildman–Crippen LogP) is 3.16. The van der Waals surface area contributed by atoms with E-state index >= 15 is 0 Å². The Bertz CT molecular complexity index is 693. The molecule has 4 nitrogen and oxygen atoms in total. The van der Waals surface area contributed by atoms with Crippen LogP contribution in [0.1, 0.15) is 6.92 Å². The first kappa shape index (κ1) is 10.4. The molecule has 17 heavy (non-hydrogen) atoms. The highest BCUT2D eigenvalue weighted by Crippen LogP contribution is 2.29. The largest absolute Gasteiger partial charge is 0.476 e. The number of halogens is 1. The summed E-state index contributed by atoms with van der Waals surface area (Å²) in [5.74, 6) is 0.574. The molecular formula is C12H10ClN3O. The molecule has 0 fully saturated rings. The van der Waals surface area contributed by atoms with E-state index in [-0.39, 0.29) is 0 Å². The molecule has 1 aromatic carbocycles. The summed E-state index contributed by atoms with van der Waals surface area (Å²) < 4.78 is 5.46. The number of hydrogen-bond donors (Lipinski definition) is 1. The van der Waals surface area contributed by atoms with Gasteiger partial charge in [0.25, 0.3) is 0 Å². The fraction of sp³-hybridized carbons (Fsp3) is 0.167. The number of nitrogens with one attached hydrogen (secondary N) is 1. The molecule has 0 amide bonds. The maximum absolute atomic E-state index is 5.99. The fourth-order valence-corrected chi connectivity index (χ4v) is 2.06. The number of H-pyrrole nitrogens is 1. The van der Waals surface area contributed by atoms with E-state index in [2.05, 4.69) is 15.0 Å². The zero-order valence-corrected chi connectivity index (χ0v) is 9.95. The maximum atomic E-state index is 5.99. The molecule has 5 heteroatoms. The van der Waals surface area contributed by atoms with Crippen molar-refractivity contribution >= 4 is 33.5 Å². The molecule has 3 rings (SSSR count). The maximum Gasteiger partial charge on any atom is 0.241 e. The molecule has 2 heterocycles. The molecule has 0 unspecified atom stereocenters. The normalized spacial score (nSPS) is 11.2. The lowest BCUT2D eigenvalue weighted by molar-refractivity contribution is 0.330. The fourth-order valence-electron chi connectivity index (χ4n) is 1.89. The Morgan fingerprint density at radius 3 is 3.06 bits per heavy atom. The lowest BCUT2D eigenvalue weighted by atomic mass is 10.2. The average molecular weight is 248 g/mol. The first-order valence-corrected chi connectivity index (χ1v) is 5.72. The van der Waals surface area contributed by atoms with E-state index in [0.717, 1.165) is 21.9 Å². The number of hydrogen-bond acceptors (Lipinski definition) is 3. The summed E-state index contributed by atoms with van der Waals surface area (Å²) in [5.41, 5.74) is 2.62. The summed E-state index contributed by atoms with van der Waals surface area (Å²) in [4.78, 5) is 11.6. The molecule has 0 aliphatic heterocycles. The standard InChI is InChI=1S/C12H10ClN3O/c1-2-17-12-11-10(14-6-15-12)8-5-7(13)3-4-9(8)16-11/h3-6,16H,2H2,1H3. The molecule has 0 aliphatic carbocycles. The van der Waals surface area contributed by atoms with E-state index in [1.54, 1.807) is 0 Å². The zero-order valence-electron chi connectivity index (χ0n) is 9.20. The Hall–Kier alpha value is -1.81. The van der Waals surface area contributed by atoms with Crippen LogP contribution >= 0.6 is 11.6 Å². The van der Waals surface area contributed by atoms with E-state index < -0.39 is 0 Å². The Balaban J connectivity index is 2.38. The van der Waals surface area contributed by atoms with Crippen LogP contribution in [0.5, 0.6) is 5.88 Å². The van der Waals surface area contributed by atoms with Crippen molar-refractivity contribution in [3.63, 3.8) is 0 Å². The predicted molar refractivity (Wildman–Crippen MR) is 67.6 cm³/mol. The SMILES string of the molecule is CCOc1ncnc2c1[nH]c1ccc(Cl)cc12. The van der Waals surface area contributed by atoms with Gasteiger partial charge in [-0.05, 0) is 25.1 Å². The van der Waals surface area contributed by atoms with Gasteiger partial charge in [-0.2, -0.15) is 4.98 Å². The third kappa shape index (κ3) is 1.61. The molecule has 0 bridgehead atoms. The topological polar surface area (TPSA) is 50.8 Å². The molecule has 86 valence electrons. The van der Waals surface area contributed by atoms with Crippen molar-refractivity contribution in [2.45, 2.75) is 6.92 Å². The smallest absolute Gasteiger partial charge is 0.241 e. The number of rotatable bonds is 2. The van der Waals surface area contributed by atoms with Gasteiger partial charge in [0, 0.05) is 15.9 Å². The molecule has 0 spiro atoms. The molecule has 0 radical (unpaired) electrons. The molecule has 1 N–H and O–H groups in total. The molecular weight excluding hydrogens is 238 g/mol. The van der Waals surface area contributed by atoms with Crippen LogP contribution in [0.3, 0.4) is 0 Å². The number of ether oxygens (including phenoxy) is 1. The van der Waals surface area contributed by atoms with Gasteiger partial charge in [-0.25, -0.2) is 4.98 Å². The van der Waals surface area contributed by atoms with Gasteiger partial charge in [0.15, 0.2) is 0 Å². The van der Waals surface area contributed by atoms with Crippen LogP contribution in [-0.4, -0.2) is 21.6 Å². The van der Waals surface area contributed by atoms with Crippen molar-refractivity contribution in [1.29, 1.82) is 0 Å². The van der Waals surface area contributed by atoms with Crippen LogP contribution in [0.4, 0.5) is 0 Å².